The van der Waals surface area contributed by atoms with Crippen molar-refractivity contribution < 1.29 is 9.53 Å². The van der Waals surface area contributed by atoms with E-state index >= 15 is 0 Å². The lowest BCUT2D eigenvalue weighted by Gasteiger charge is -2.30. The monoisotopic (exact) mass is 266 g/mol. The first-order valence-electron chi connectivity index (χ1n) is 6.96. The Morgan fingerprint density at radius 2 is 1.53 bits per heavy atom. The van der Waals surface area contributed by atoms with E-state index in [0.29, 0.717) is 0 Å². The molecule has 0 bridgehead atoms. The van der Waals surface area contributed by atoms with Crippen LogP contribution in [0.25, 0.3) is 0 Å². The zero-order chi connectivity index (χ0) is 15.5. The second-order valence-corrected chi connectivity index (χ2v) is 7.81. The van der Waals surface area contributed by atoms with Crippen LogP contribution in [-0.4, -0.2) is 18.0 Å². The number of hydrogen-bond acceptors (Lipinski definition) is 2. The van der Waals surface area contributed by atoms with Gasteiger partial charge in [-0.05, 0) is 41.5 Å². The van der Waals surface area contributed by atoms with E-state index in [1.807, 2.05) is 41.5 Å². The highest BCUT2D eigenvalue weighted by atomic mass is 16.5. The molecule has 2 heteroatoms. The molecule has 110 valence electrons. The molecule has 0 N–H and O–H groups in total. The molecule has 1 unspecified atom stereocenters. The van der Waals surface area contributed by atoms with Crippen LogP contribution in [0.5, 0.6) is 0 Å². The van der Waals surface area contributed by atoms with Gasteiger partial charge in [0.05, 0.1) is 5.60 Å². The lowest BCUT2D eigenvalue weighted by atomic mass is 9.89. The van der Waals surface area contributed by atoms with E-state index in [1.165, 1.54) is 0 Å². The molecule has 0 aromatic heterocycles. The average Bonchev–Trinajstić information content (AvgIpc) is 2.19. The average molecular weight is 266 g/mol. The number of carbonyl (C=O) groups is 1. The quantitative estimate of drug-likeness (QED) is 0.717. The predicted octanol–water partition coefficient (Wildman–Crippen LogP) is 4.08. The molecule has 1 atom stereocenters. The highest BCUT2D eigenvalue weighted by Gasteiger charge is 2.29. The van der Waals surface area contributed by atoms with Crippen LogP contribution in [-0.2, 0) is 9.53 Å². The summed E-state index contributed by atoms with van der Waals surface area (Å²) in [5, 5.41) is 0. The molecule has 0 heterocycles. The SMILES string of the molecule is CC(C#CC(C)(C)C)C(C)(C)OCC(=O)C(C)(C)C. The highest BCUT2D eigenvalue weighted by molar-refractivity contribution is 5.84. The normalized spacial score (nSPS) is 14.6. The number of carbonyl (C=O) groups excluding carboxylic acids is 1. The summed E-state index contributed by atoms with van der Waals surface area (Å²) < 4.78 is 5.79. The lowest BCUT2D eigenvalue weighted by molar-refractivity contribution is -0.138. The van der Waals surface area contributed by atoms with E-state index in [2.05, 4.69) is 32.6 Å². The van der Waals surface area contributed by atoms with Gasteiger partial charge in [0.1, 0.15) is 6.61 Å². The predicted molar refractivity (Wildman–Crippen MR) is 80.9 cm³/mol. The van der Waals surface area contributed by atoms with E-state index in [1.54, 1.807) is 0 Å². The molecular formula is C17H30O2. The minimum atomic E-state index is -0.417. The molecule has 0 amide bonds. The van der Waals surface area contributed by atoms with E-state index in [9.17, 15) is 4.79 Å². The van der Waals surface area contributed by atoms with Crippen LogP contribution < -0.4 is 0 Å². The van der Waals surface area contributed by atoms with Crippen LogP contribution in [0.1, 0.15) is 62.3 Å². The molecule has 0 radical (unpaired) electrons. The Morgan fingerprint density at radius 1 is 1.05 bits per heavy atom. The Morgan fingerprint density at radius 3 is 1.89 bits per heavy atom. The Balaban J connectivity index is 4.62. The number of Topliss-reactive ketones (excluding diaryl/α,β-unsaturated/α-hetero) is 1. The van der Waals surface area contributed by atoms with Crippen molar-refractivity contribution in [3.8, 4) is 11.8 Å². The van der Waals surface area contributed by atoms with Gasteiger partial charge in [0.25, 0.3) is 0 Å². The molecule has 0 aliphatic rings. The van der Waals surface area contributed by atoms with Crippen LogP contribution in [0.15, 0.2) is 0 Å². The molecule has 0 aliphatic carbocycles. The van der Waals surface area contributed by atoms with Gasteiger partial charge in [-0.25, -0.2) is 0 Å². The van der Waals surface area contributed by atoms with Gasteiger partial charge in [0.15, 0.2) is 5.78 Å². The van der Waals surface area contributed by atoms with Gasteiger partial charge < -0.3 is 4.74 Å². The van der Waals surface area contributed by atoms with E-state index < -0.39 is 5.60 Å². The van der Waals surface area contributed by atoms with Gasteiger partial charge in [-0.2, -0.15) is 0 Å². The van der Waals surface area contributed by atoms with Crippen LogP contribution in [0.2, 0.25) is 0 Å². The topological polar surface area (TPSA) is 26.3 Å². The third kappa shape index (κ3) is 7.38. The van der Waals surface area contributed by atoms with Crippen molar-refractivity contribution in [2.24, 2.45) is 16.7 Å². The van der Waals surface area contributed by atoms with Crippen LogP contribution in [0.3, 0.4) is 0 Å². The maximum atomic E-state index is 11.9. The number of ether oxygens (including phenoxy) is 1. The summed E-state index contributed by atoms with van der Waals surface area (Å²) in [4.78, 5) is 11.9. The van der Waals surface area contributed by atoms with Crippen molar-refractivity contribution in [2.75, 3.05) is 6.61 Å². The third-order valence-electron chi connectivity index (χ3n) is 3.12. The third-order valence-corrected chi connectivity index (χ3v) is 3.12. The van der Waals surface area contributed by atoms with Gasteiger partial charge in [-0.15, -0.1) is 0 Å². The second-order valence-electron chi connectivity index (χ2n) is 7.81. The summed E-state index contributed by atoms with van der Waals surface area (Å²) in [7, 11) is 0. The van der Waals surface area contributed by atoms with Crippen molar-refractivity contribution in [1.82, 2.24) is 0 Å². The summed E-state index contributed by atoms with van der Waals surface area (Å²) in [6, 6.07) is 0. The van der Waals surface area contributed by atoms with E-state index in [0.717, 1.165) is 0 Å². The van der Waals surface area contributed by atoms with Gasteiger partial charge in [-0.3, -0.25) is 4.79 Å². The Kier molecular flexibility index (Phi) is 5.83. The fourth-order valence-electron chi connectivity index (χ4n) is 1.09. The van der Waals surface area contributed by atoms with Gasteiger partial charge in [-0.1, -0.05) is 32.6 Å². The molecular weight excluding hydrogens is 236 g/mol. The van der Waals surface area contributed by atoms with Crippen LogP contribution >= 0.6 is 0 Å². The van der Waals surface area contributed by atoms with Crippen molar-refractivity contribution >= 4 is 5.78 Å². The maximum absolute atomic E-state index is 11.9. The zero-order valence-corrected chi connectivity index (χ0v) is 14.1. The first kappa shape index (κ1) is 18.2. The lowest BCUT2D eigenvalue weighted by Crippen LogP contribution is -2.36. The van der Waals surface area contributed by atoms with Crippen molar-refractivity contribution in [1.29, 1.82) is 0 Å². The van der Waals surface area contributed by atoms with Crippen LogP contribution in [0, 0.1) is 28.6 Å². The zero-order valence-electron chi connectivity index (χ0n) is 14.1. The summed E-state index contributed by atoms with van der Waals surface area (Å²) in [5.74, 6) is 6.67. The van der Waals surface area contributed by atoms with Crippen molar-refractivity contribution in [2.45, 2.75) is 67.9 Å². The van der Waals surface area contributed by atoms with Gasteiger partial charge in [0, 0.05) is 16.7 Å². The summed E-state index contributed by atoms with van der Waals surface area (Å²) in [6.45, 7) is 18.2. The van der Waals surface area contributed by atoms with Crippen molar-refractivity contribution in [3.05, 3.63) is 0 Å². The Labute approximate surface area is 119 Å². The van der Waals surface area contributed by atoms with Crippen LogP contribution in [0.4, 0.5) is 0 Å². The fourth-order valence-corrected chi connectivity index (χ4v) is 1.09. The maximum Gasteiger partial charge on any atom is 0.163 e. The summed E-state index contributed by atoms with van der Waals surface area (Å²) in [5.41, 5.74) is -0.777. The standard InChI is InChI=1S/C17H30O2/c1-13(10-11-15(2,3)4)17(8,9)19-12-14(18)16(5,6)7/h13H,12H2,1-9H3. The molecule has 0 rings (SSSR count). The molecule has 19 heavy (non-hydrogen) atoms. The fraction of sp³-hybridized carbons (Fsp3) is 0.824. The first-order chi connectivity index (χ1) is 8.26. The minimum Gasteiger partial charge on any atom is -0.367 e. The first-order valence-corrected chi connectivity index (χ1v) is 6.96. The number of ketones is 1. The molecule has 2 nitrogen and oxygen atoms in total. The molecule has 0 fully saturated rings. The van der Waals surface area contributed by atoms with Gasteiger partial charge in [0.2, 0.25) is 0 Å². The molecule has 0 aromatic rings. The number of rotatable bonds is 4. The second kappa shape index (κ2) is 6.09. The van der Waals surface area contributed by atoms with E-state index in [4.69, 9.17) is 4.74 Å². The highest BCUT2D eigenvalue weighted by Crippen LogP contribution is 2.23. The smallest absolute Gasteiger partial charge is 0.163 e. The molecule has 0 saturated carbocycles. The summed E-state index contributed by atoms with van der Waals surface area (Å²) >= 11 is 0. The largest absolute Gasteiger partial charge is 0.367 e. The van der Waals surface area contributed by atoms with Crippen molar-refractivity contribution in [3.63, 3.8) is 0 Å². The molecule has 0 saturated heterocycles. The summed E-state index contributed by atoms with van der Waals surface area (Å²) in [6.07, 6.45) is 0. The molecule has 0 spiro atoms. The molecule has 0 aliphatic heterocycles. The van der Waals surface area contributed by atoms with Gasteiger partial charge >= 0.3 is 0 Å². The minimum absolute atomic E-state index is 0.00836. The number of hydrogen-bond donors (Lipinski definition) is 0. The van der Waals surface area contributed by atoms with E-state index in [-0.39, 0.29) is 29.1 Å². The Hall–Kier alpha value is -0.810. The molecule has 0 aromatic carbocycles. The Bertz CT molecular complexity index is 367.